The molecule has 3 nitrogen and oxygen atoms in total. The first-order valence-electron chi connectivity index (χ1n) is 9.62. The van der Waals surface area contributed by atoms with Gasteiger partial charge in [-0.25, -0.2) is 0 Å². The SMILES string of the molecule is C=C/C=C(\C=C/C)Oc1ccc(C(=O)c2ccc(OC(/C=C\C)=C/C=C)cc2)cc1. The van der Waals surface area contributed by atoms with Gasteiger partial charge in [-0.15, -0.1) is 0 Å². The van der Waals surface area contributed by atoms with Gasteiger partial charge in [0, 0.05) is 11.1 Å². The predicted octanol–water partition coefficient (Wildman–Crippen LogP) is 6.97. The highest BCUT2D eigenvalue weighted by Gasteiger charge is 2.10. The van der Waals surface area contributed by atoms with Crippen molar-refractivity contribution in [3.63, 3.8) is 0 Å². The Morgan fingerprint density at radius 2 is 1.07 bits per heavy atom. The van der Waals surface area contributed by atoms with Gasteiger partial charge in [-0.2, -0.15) is 0 Å². The summed E-state index contributed by atoms with van der Waals surface area (Å²) in [5, 5.41) is 0. The summed E-state index contributed by atoms with van der Waals surface area (Å²) in [5.41, 5.74) is 1.16. The lowest BCUT2D eigenvalue weighted by Gasteiger charge is -2.08. The van der Waals surface area contributed by atoms with E-state index in [9.17, 15) is 4.79 Å². The van der Waals surface area contributed by atoms with Crippen LogP contribution in [0.5, 0.6) is 11.5 Å². The highest BCUT2D eigenvalue weighted by atomic mass is 16.5. The third-order valence-electron chi connectivity index (χ3n) is 3.93. The molecule has 0 aliphatic carbocycles. The molecule has 0 heterocycles. The second-order valence-electron chi connectivity index (χ2n) is 6.19. The van der Waals surface area contributed by atoms with Crippen molar-refractivity contribution in [1.29, 1.82) is 0 Å². The van der Waals surface area contributed by atoms with Crippen LogP contribution in [0.3, 0.4) is 0 Å². The van der Waals surface area contributed by atoms with Gasteiger partial charge in [-0.1, -0.05) is 37.5 Å². The lowest BCUT2D eigenvalue weighted by Crippen LogP contribution is -2.01. The molecular weight excluding hydrogens is 372 g/mol. The van der Waals surface area contributed by atoms with Gasteiger partial charge in [0.1, 0.15) is 23.0 Å². The summed E-state index contributed by atoms with van der Waals surface area (Å²) < 4.78 is 11.6. The van der Waals surface area contributed by atoms with Crippen molar-refractivity contribution in [3.05, 3.63) is 133 Å². The van der Waals surface area contributed by atoms with Gasteiger partial charge < -0.3 is 9.47 Å². The third kappa shape index (κ3) is 6.64. The number of carbonyl (C=O) groups is 1. The zero-order chi connectivity index (χ0) is 21.8. The summed E-state index contributed by atoms with van der Waals surface area (Å²) in [4.78, 5) is 12.8. The molecule has 2 aromatic carbocycles. The summed E-state index contributed by atoms with van der Waals surface area (Å²) in [7, 11) is 0. The molecule has 0 aliphatic rings. The van der Waals surface area contributed by atoms with Gasteiger partial charge in [0.15, 0.2) is 5.78 Å². The standard InChI is InChI=1S/C27H26O3/c1-5-9-23(10-6-2)29-25-17-13-21(14-18-25)27(28)22-15-19-26(20-16-22)30-24(11-7-3)12-8-4/h5-20H,1,3H2,2,4H3/b10-6-,12-8-,23-9+,24-11+. The number of ketones is 1. The zero-order valence-electron chi connectivity index (χ0n) is 17.4. The molecule has 0 saturated carbocycles. The van der Waals surface area contributed by atoms with E-state index in [1.165, 1.54) is 0 Å². The molecular formula is C27H26O3. The van der Waals surface area contributed by atoms with Crippen molar-refractivity contribution in [1.82, 2.24) is 0 Å². The second kappa shape index (κ2) is 11.9. The second-order valence-corrected chi connectivity index (χ2v) is 6.19. The van der Waals surface area contributed by atoms with Gasteiger partial charge in [-0.05, 0) is 86.7 Å². The minimum absolute atomic E-state index is 0.0706. The molecule has 0 unspecified atom stereocenters. The minimum Gasteiger partial charge on any atom is -0.457 e. The van der Waals surface area contributed by atoms with Crippen molar-refractivity contribution >= 4 is 5.78 Å². The summed E-state index contributed by atoms with van der Waals surface area (Å²) >= 11 is 0. The molecule has 0 N–H and O–H groups in total. The van der Waals surface area contributed by atoms with E-state index in [0.717, 1.165) is 0 Å². The monoisotopic (exact) mass is 398 g/mol. The van der Waals surface area contributed by atoms with Crippen LogP contribution in [0.4, 0.5) is 0 Å². The maximum Gasteiger partial charge on any atom is 0.193 e. The Hall–Kier alpha value is -3.85. The van der Waals surface area contributed by atoms with E-state index in [4.69, 9.17) is 9.47 Å². The lowest BCUT2D eigenvalue weighted by molar-refractivity contribution is 0.103. The third-order valence-corrected chi connectivity index (χ3v) is 3.93. The maximum absolute atomic E-state index is 12.8. The van der Waals surface area contributed by atoms with Crippen LogP contribution in [0.25, 0.3) is 0 Å². The number of allylic oxidation sites excluding steroid dienone is 8. The first-order valence-corrected chi connectivity index (χ1v) is 9.62. The lowest BCUT2D eigenvalue weighted by atomic mass is 10.0. The van der Waals surface area contributed by atoms with Crippen LogP contribution in [0.2, 0.25) is 0 Å². The average molecular weight is 399 g/mol. The molecule has 2 aromatic rings. The quantitative estimate of drug-likeness (QED) is 0.246. The molecule has 0 atom stereocenters. The molecule has 0 fully saturated rings. The predicted molar refractivity (Wildman–Crippen MR) is 124 cm³/mol. The number of hydrogen-bond donors (Lipinski definition) is 0. The fraction of sp³-hybridized carbons (Fsp3) is 0.0741. The van der Waals surface area contributed by atoms with E-state index in [-0.39, 0.29) is 5.78 Å². The minimum atomic E-state index is -0.0706. The molecule has 0 saturated heterocycles. The maximum atomic E-state index is 12.8. The Balaban J connectivity index is 2.11. The molecule has 3 heteroatoms. The average Bonchev–Trinajstić information content (AvgIpc) is 2.75. The van der Waals surface area contributed by atoms with Crippen LogP contribution in [-0.4, -0.2) is 5.78 Å². The van der Waals surface area contributed by atoms with Gasteiger partial charge in [-0.3, -0.25) is 4.79 Å². The molecule has 152 valence electrons. The van der Waals surface area contributed by atoms with E-state index in [1.807, 2.05) is 38.2 Å². The Labute approximate surface area is 178 Å². The number of rotatable bonds is 10. The topological polar surface area (TPSA) is 35.5 Å². The molecule has 0 spiro atoms. The zero-order valence-corrected chi connectivity index (χ0v) is 17.4. The van der Waals surface area contributed by atoms with Crippen molar-refractivity contribution in [3.8, 4) is 11.5 Å². The van der Waals surface area contributed by atoms with Crippen molar-refractivity contribution in [2.45, 2.75) is 13.8 Å². The molecule has 0 radical (unpaired) electrons. The fourth-order valence-corrected chi connectivity index (χ4v) is 2.60. The van der Waals surface area contributed by atoms with Crippen LogP contribution in [0.1, 0.15) is 29.8 Å². The molecule has 2 rings (SSSR count). The van der Waals surface area contributed by atoms with Crippen LogP contribution in [0, 0.1) is 0 Å². The van der Waals surface area contributed by atoms with Gasteiger partial charge in [0.05, 0.1) is 0 Å². The highest BCUT2D eigenvalue weighted by molar-refractivity contribution is 6.09. The summed E-state index contributed by atoms with van der Waals surface area (Å²) in [6.45, 7) is 11.2. The van der Waals surface area contributed by atoms with E-state index < -0.39 is 0 Å². The van der Waals surface area contributed by atoms with Crippen LogP contribution in [0.15, 0.2) is 122 Å². The molecule has 0 amide bonds. The smallest absolute Gasteiger partial charge is 0.193 e. The molecule has 0 aliphatic heterocycles. The van der Waals surface area contributed by atoms with Gasteiger partial charge in [0.25, 0.3) is 0 Å². The van der Waals surface area contributed by atoms with E-state index in [2.05, 4.69) is 13.2 Å². The number of carbonyl (C=O) groups excluding carboxylic acids is 1. The summed E-state index contributed by atoms with van der Waals surface area (Å²) in [6, 6.07) is 14.1. The highest BCUT2D eigenvalue weighted by Crippen LogP contribution is 2.21. The summed E-state index contributed by atoms with van der Waals surface area (Å²) in [6.07, 6.45) is 14.3. The Morgan fingerprint density at radius 3 is 1.37 bits per heavy atom. The van der Waals surface area contributed by atoms with Crippen LogP contribution in [-0.2, 0) is 0 Å². The van der Waals surface area contributed by atoms with Crippen molar-refractivity contribution in [2.75, 3.05) is 0 Å². The fourth-order valence-electron chi connectivity index (χ4n) is 2.60. The Kier molecular flexibility index (Phi) is 8.88. The first kappa shape index (κ1) is 22.4. The van der Waals surface area contributed by atoms with Crippen LogP contribution < -0.4 is 9.47 Å². The van der Waals surface area contributed by atoms with Crippen LogP contribution >= 0.6 is 0 Å². The molecule has 0 bridgehead atoms. The summed E-state index contributed by atoms with van der Waals surface area (Å²) in [5.74, 6) is 2.56. The normalized spacial score (nSPS) is 12.2. The van der Waals surface area contributed by atoms with E-state index >= 15 is 0 Å². The molecule has 30 heavy (non-hydrogen) atoms. The molecule has 0 aromatic heterocycles. The Bertz CT molecular complexity index is 904. The number of ether oxygens (including phenoxy) is 2. The van der Waals surface area contributed by atoms with Crippen molar-refractivity contribution < 1.29 is 14.3 Å². The van der Waals surface area contributed by atoms with Gasteiger partial charge >= 0.3 is 0 Å². The Morgan fingerprint density at radius 1 is 0.700 bits per heavy atom. The number of hydrogen-bond acceptors (Lipinski definition) is 3. The largest absolute Gasteiger partial charge is 0.457 e. The van der Waals surface area contributed by atoms with Gasteiger partial charge in [0.2, 0.25) is 0 Å². The first-order chi connectivity index (χ1) is 14.6. The van der Waals surface area contributed by atoms with Crippen molar-refractivity contribution in [2.24, 2.45) is 0 Å². The number of benzene rings is 2. The van der Waals surface area contributed by atoms with E-state index in [1.54, 1.807) is 72.8 Å². The van der Waals surface area contributed by atoms with E-state index in [0.29, 0.717) is 34.1 Å².